The lowest BCUT2D eigenvalue weighted by atomic mass is 10.0. The molecule has 0 saturated carbocycles. The summed E-state index contributed by atoms with van der Waals surface area (Å²) in [5, 5.41) is 13.6. The molecule has 0 atom stereocenters. The van der Waals surface area contributed by atoms with Crippen LogP contribution in [-0.4, -0.2) is 30.1 Å². The van der Waals surface area contributed by atoms with E-state index >= 15 is 0 Å². The highest BCUT2D eigenvalue weighted by atomic mass is 32.2. The van der Waals surface area contributed by atoms with Crippen molar-refractivity contribution < 1.29 is 18.1 Å². The van der Waals surface area contributed by atoms with Gasteiger partial charge >= 0.3 is 0 Å². The molecule has 3 aromatic carbocycles. The SMILES string of the molecule is O=C(Cc1ccc([N+](=O)[O-])cc1)Nc1ccc2c(c1)CN(S(=O)(=O)c1ccccc1)CC2. The molecule has 0 saturated heterocycles. The maximum Gasteiger partial charge on any atom is 0.269 e. The van der Waals surface area contributed by atoms with Crippen molar-refractivity contribution in [2.75, 3.05) is 11.9 Å². The van der Waals surface area contributed by atoms with E-state index in [4.69, 9.17) is 0 Å². The molecule has 0 bridgehead atoms. The van der Waals surface area contributed by atoms with Crippen LogP contribution in [-0.2, 0) is 34.2 Å². The van der Waals surface area contributed by atoms with Gasteiger partial charge < -0.3 is 5.32 Å². The van der Waals surface area contributed by atoms with Crippen LogP contribution in [0, 0.1) is 10.1 Å². The summed E-state index contributed by atoms with van der Waals surface area (Å²) in [6.45, 7) is 0.634. The Hall–Kier alpha value is -3.56. The summed E-state index contributed by atoms with van der Waals surface area (Å²) in [5.74, 6) is -0.261. The molecule has 1 aliphatic heterocycles. The first-order valence-corrected chi connectivity index (χ1v) is 11.5. The van der Waals surface area contributed by atoms with Crippen LogP contribution in [0.1, 0.15) is 16.7 Å². The third-order valence-electron chi connectivity index (χ3n) is 5.36. The monoisotopic (exact) mass is 451 g/mol. The van der Waals surface area contributed by atoms with E-state index in [1.54, 1.807) is 54.6 Å². The topological polar surface area (TPSA) is 110 Å². The largest absolute Gasteiger partial charge is 0.326 e. The number of hydrogen-bond acceptors (Lipinski definition) is 5. The van der Waals surface area contributed by atoms with Crippen LogP contribution in [0.4, 0.5) is 11.4 Å². The van der Waals surface area contributed by atoms with Gasteiger partial charge in [0.15, 0.2) is 0 Å². The standard InChI is InChI=1S/C23H21N3O5S/c27-23(14-17-6-10-21(11-7-17)26(28)29)24-20-9-8-18-12-13-25(16-19(18)15-20)32(30,31)22-4-2-1-3-5-22/h1-11,15H,12-14,16H2,(H,24,27). The van der Waals surface area contributed by atoms with E-state index < -0.39 is 14.9 Å². The van der Waals surface area contributed by atoms with Gasteiger partial charge in [-0.05, 0) is 47.4 Å². The van der Waals surface area contributed by atoms with Crippen molar-refractivity contribution in [3.05, 3.63) is 99.6 Å². The second-order valence-electron chi connectivity index (χ2n) is 7.53. The van der Waals surface area contributed by atoms with E-state index in [1.165, 1.54) is 16.4 Å². The van der Waals surface area contributed by atoms with Gasteiger partial charge in [0.1, 0.15) is 0 Å². The van der Waals surface area contributed by atoms with Crippen molar-refractivity contribution in [1.29, 1.82) is 0 Å². The molecule has 4 rings (SSSR count). The average molecular weight is 452 g/mol. The second-order valence-corrected chi connectivity index (χ2v) is 9.47. The molecule has 0 radical (unpaired) electrons. The van der Waals surface area contributed by atoms with Gasteiger partial charge in [0.25, 0.3) is 5.69 Å². The molecule has 1 heterocycles. The molecule has 0 aromatic heterocycles. The number of hydrogen-bond donors (Lipinski definition) is 1. The van der Waals surface area contributed by atoms with E-state index in [-0.39, 0.29) is 29.5 Å². The Labute approximate surface area is 185 Å². The van der Waals surface area contributed by atoms with Crippen LogP contribution >= 0.6 is 0 Å². The second kappa shape index (κ2) is 8.89. The zero-order chi connectivity index (χ0) is 22.7. The predicted octanol–water partition coefficient (Wildman–Crippen LogP) is 3.52. The number of nitro groups is 1. The maximum absolute atomic E-state index is 12.9. The van der Waals surface area contributed by atoms with Gasteiger partial charge in [0, 0.05) is 30.9 Å². The smallest absolute Gasteiger partial charge is 0.269 e. The van der Waals surface area contributed by atoms with E-state index in [1.807, 2.05) is 6.07 Å². The lowest BCUT2D eigenvalue weighted by molar-refractivity contribution is -0.384. The molecular formula is C23H21N3O5S. The predicted molar refractivity (Wildman–Crippen MR) is 120 cm³/mol. The molecule has 3 aromatic rings. The minimum absolute atomic E-state index is 0.0288. The number of anilines is 1. The Morgan fingerprint density at radius 3 is 2.41 bits per heavy atom. The minimum Gasteiger partial charge on any atom is -0.326 e. The average Bonchev–Trinajstić information content (AvgIpc) is 2.79. The van der Waals surface area contributed by atoms with Crippen molar-refractivity contribution in [3.63, 3.8) is 0 Å². The van der Waals surface area contributed by atoms with Gasteiger partial charge in [0.05, 0.1) is 16.2 Å². The number of fused-ring (bicyclic) bond motifs is 1. The Morgan fingerprint density at radius 2 is 1.72 bits per heavy atom. The molecule has 1 aliphatic rings. The van der Waals surface area contributed by atoms with Gasteiger partial charge in [-0.3, -0.25) is 14.9 Å². The molecular weight excluding hydrogens is 430 g/mol. The van der Waals surface area contributed by atoms with Crippen molar-refractivity contribution in [3.8, 4) is 0 Å². The molecule has 8 nitrogen and oxygen atoms in total. The summed E-state index contributed by atoms with van der Waals surface area (Å²) >= 11 is 0. The number of sulfonamides is 1. The summed E-state index contributed by atoms with van der Waals surface area (Å²) in [6.07, 6.45) is 0.669. The fourth-order valence-corrected chi connectivity index (χ4v) is 5.12. The molecule has 0 spiro atoms. The number of nitrogens with one attached hydrogen (secondary N) is 1. The number of benzene rings is 3. The van der Waals surface area contributed by atoms with Crippen LogP contribution < -0.4 is 5.32 Å². The first-order chi connectivity index (χ1) is 15.3. The van der Waals surface area contributed by atoms with Gasteiger partial charge in [0.2, 0.25) is 15.9 Å². The van der Waals surface area contributed by atoms with E-state index in [0.717, 1.165) is 11.1 Å². The summed E-state index contributed by atoms with van der Waals surface area (Å²) in [7, 11) is -3.59. The van der Waals surface area contributed by atoms with Gasteiger partial charge in [-0.1, -0.05) is 36.4 Å². The number of amides is 1. The summed E-state index contributed by atoms with van der Waals surface area (Å²) in [4.78, 5) is 22.9. The quantitative estimate of drug-likeness (QED) is 0.455. The number of carbonyl (C=O) groups is 1. The van der Waals surface area contributed by atoms with Crippen molar-refractivity contribution in [2.45, 2.75) is 24.3 Å². The van der Waals surface area contributed by atoms with E-state index in [9.17, 15) is 23.3 Å². The fraction of sp³-hybridized carbons (Fsp3) is 0.174. The normalized spacial score (nSPS) is 13.9. The lowest BCUT2D eigenvalue weighted by Gasteiger charge is -2.28. The first-order valence-electron chi connectivity index (χ1n) is 10.0. The third kappa shape index (κ3) is 4.68. The Kier molecular flexibility index (Phi) is 6.02. The minimum atomic E-state index is -3.59. The van der Waals surface area contributed by atoms with Crippen LogP contribution in [0.2, 0.25) is 0 Å². The Morgan fingerprint density at radius 1 is 1.00 bits per heavy atom. The Balaban J connectivity index is 1.45. The van der Waals surface area contributed by atoms with Crippen molar-refractivity contribution in [1.82, 2.24) is 4.31 Å². The maximum atomic E-state index is 12.9. The zero-order valence-electron chi connectivity index (χ0n) is 17.1. The van der Waals surface area contributed by atoms with Crippen molar-refractivity contribution in [2.24, 2.45) is 0 Å². The van der Waals surface area contributed by atoms with Gasteiger partial charge in [-0.2, -0.15) is 4.31 Å². The van der Waals surface area contributed by atoms with Crippen LogP contribution in [0.3, 0.4) is 0 Å². The van der Waals surface area contributed by atoms with Gasteiger partial charge in [-0.25, -0.2) is 8.42 Å². The van der Waals surface area contributed by atoms with E-state index in [0.29, 0.717) is 24.2 Å². The van der Waals surface area contributed by atoms with Crippen LogP contribution in [0.15, 0.2) is 77.7 Å². The lowest BCUT2D eigenvalue weighted by Crippen LogP contribution is -2.36. The highest BCUT2D eigenvalue weighted by Gasteiger charge is 2.28. The number of non-ortho nitro benzene ring substituents is 1. The third-order valence-corrected chi connectivity index (χ3v) is 7.22. The number of nitrogens with zero attached hydrogens (tertiary/aromatic N) is 2. The molecule has 0 fully saturated rings. The summed E-state index contributed by atoms with van der Waals surface area (Å²) in [6, 6.07) is 19.7. The van der Waals surface area contributed by atoms with Crippen molar-refractivity contribution >= 4 is 27.3 Å². The number of rotatable bonds is 6. The number of carbonyl (C=O) groups excluding carboxylic acids is 1. The van der Waals surface area contributed by atoms with Gasteiger partial charge in [-0.15, -0.1) is 0 Å². The molecule has 164 valence electrons. The highest BCUT2D eigenvalue weighted by Crippen LogP contribution is 2.27. The Bertz CT molecular complexity index is 1260. The summed E-state index contributed by atoms with van der Waals surface area (Å²) < 4.78 is 27.3. The summed E-state index contributed by atoms with van der Waals surface area (Å²) in [5.41, 5.74) is 3.11. The first kappa shape index (κ1) is 21.7. The number of nitro benzene ring substituents is 1. The molecule has 1 N–H and O–H groups in total. The molecule has 0 aliphatic carbocycles. The van der Waals surface area contributed by atoms with Crippen LogP contribution in [0.25, 0.3) is 0 Å². The highest BCUT2D eigenvalue weighted by molar-refractivity contribution is 7.89. The van der Waals surface area contributed by atoms with E-state index in [2.05, 4.69) is 5.32 Å². The molecule has 1 amide bonds. The molecule has 32 heavy (non-hydrogen) atoms. The molecule has 9 heteroatoms. The molecule has 0 unspecified atom stereocenters. The van der Waals surface area contributed by atoms with Crippen LogP contribution in [0.5, 0.6) is 0 Å². The fourth-order valence-electron chi connectivity index (χ4n) is 3.68. The zero-order valence-corrected chi connectivity index (χ0v) is 17.9.